The second kappa shape index (κ2) is 7.16. The van der Waals surface area contributed by atoms with Gasteiger partial charge in [0.1, 0.15) is 5.82 Å². The Hall–Kier alpha value is -1.88. The summed E-state index contributed by atoms with van der Waals surface area (Å²) in [5.74, 6) is 1.54. The number of aromatic nitrogens is 1. The first-order chi connectivity index (χ1) is 11.9. The highest BCUT2D eigenvalue weighted by molar-refractivity contribution is 5.83. The molecule has 5 heteroatoms. The summed E-state index contributed by atoms with van der Waals surface area (Å²) in [6.45, 7) is 12.3. The van der Waals surface area contributed by atoms with E-state index in [1.165, 1.54) is 5.57 Å². The minimum absolute atomic E-state index is 0.0554. The Morgan fingerprint density at radius 1 is 1.36 bits per heavy atom. The average Bonchev–Trinajstić information content (AvgIpc) is 3.13. The van der Waals surface area contributed by atoms with E-state index in [-0.39, 0.29) is 17.2 Å². The van der Waals surface area contributed by atoms with Crippen LogP contribution in [0.15, 0.2) is 30.0 Å². The van der Waals surface area contributed by atoms with E-state index < -0.39 is 0 Å². The zero-order valence-electron chi connectivity index (χ0n) is 15.7. The molecule has 1 aliphatic carbocycles. The van der Waals surface area contributed by atoms with Gasteiger partial charge in [-0.25, -0.2) is 4.98 Å². The van der Waals surface area contributed by atoms with Gasteiger partial charge in [-0.2, -0.15) is 0 Å². The number of anilines is 1. The molecule has 1 saturated carbocycles. The van der Waals surface area contributed by atoms with E-state index in [0.717, 1.165) is 37.7 Å². The third-order valence-electron chi connectivity index (χ3n) is 5.32. The number of nitrogens with zero attached hydrogens (tertiary/aromatic N) is 2. The maximum atomic E-state index is 12.5. The lowest BCUT2D eigenvalue weighted by Gasteiger charge is -2.27. The highest BCUT2D eigenvalue weighted by atomic mass is 16.5. The van der Waals surface area contributed by atoms with E-state index >= 15 is 0 Å². The number of carbonyl (C=O) groups excluding carboxylic acids is 1. The quantitative estimate of drug-likeness (QED) is 0.835. The Kier molecular flexibility index (Phi) is 5.13. The van der Waals surface area contributed by atoms with E-state index in [0.29, 0.717) is 12.5 Å². The monoisotopic (exact) mass is 343 g/mol. The molecule has 1 aromatic rings. The van der Waals surface area contributed by atoms with Crippen LogP contribution in [0.25, 0.3) is 0 Å². The predicted molar refractivity (Wildman–Crippen MR) is 99.3 cm³/mol. The molecule has 1 N–H and O–H groups in total. The first-order valence-corrected chi connectivity index (χ1v) is 9.10. The number of amides is 1. The predicted octanol–water partition coefficient (Wildman–Crippen LogP) is 2.77. The number of rotatable bonds is 5. The Morgan fingerprint density at radius 2 is 2.08 bits per heavy atom. The molecule has 1 amide bonds. The average molecular weight is 343 g/mol. The molecule has 1 aliphatic heterocycles. The highest BCUT2D eigenvalue weighted by Crippen LogP contribution is 2.59. The van der Waals surface area contributed by atoms with Gasteiger partial charge in [-0.05, 0) is 36.8 Å². The van der Waals surface area contributed by atoms with Crippen molar-refractivity contribution in [1.82, 2.24) is 10.3 Å². The summed E-state index contributed by atoms with van der Waals surface area (Å²) in [6.07, 6.45) is 4.08. The van der Waals surface area contributed by atoms with Crippen LogP contribution in [0.2, 0.25) is 0 Å². The lowest BCUT2D eigenvalue weighted by molar-refractivity contribution is -0.123. The maximum absolute atomic E-state index is 12.5. The largest absolute Gasteiger partial charge is 0.378 e. The van der Waals surface area contributed by atoms with Crippen molar-refractivity contribution >= 4 is 11.7 Å². The van der Waals surface area contributed by atoms with Gasteiger partial charge >= 0.3 is 0 Å². The Balaban J connectivity index is 1.53. The summed E-state index contributed by atoms with van der Waals surface area (Å²) in [4.78, 5) is 19.3. The number of allylic oxidation sites excluding steroid dienone is 2. The summed E-state index contributed by atoms with van der Waals surface area (Å²) in [5.41, 5.74) is 2.36. The standard InChI is InChI=1S/C20H29N3O2/c1-14(2)11-16-18(20(16,3)4)19(24)22-13-15-5-6-17(21-12-15)23-7-9-25-10-8-23/h5-6,11-12,16,18H,7-10,13H2,1-4H3,(H,22,24)/t16-,18-/m1/s1. The first kappa shape index (κ1) is 17.9. The second-order valence-electron chi connectivity index (χ2n) is 7.91. The van der Waals surface area contributed by atoms with Crippen LogP contribution in [0.4, 0.5) is 5.82 Å². The zero-order valence-corrected chi connectivity index (χ0v) is 15.7. The summed E-state index contributed by atoms with van der Waals surface area (Å²) in [6, 6.07) is 4.07. The number of nitrogens with one attached hydrogen (secondary N) is 1. The molecule has 2 heterocycles. The van der Waals surface area contributed by atoms with Crippen molar-refractivity contribution in [1.29, 1.82) is 0 Å². The van der Waals surface area contributed by atoms with Gasteiger partial charge in [0.25, 0.3) is 0 Å². The minimum atomic E-state index is 0.0554. The van der Waals surface area contributed by atoms with Gasteiger partial charge in [0.15, 0.2) is 0 Å². The fourth-order valence-corrected chi connectivity index (χ4v) is 3.65. The van der Waals surface area contributed by atoms with Crippen LogP contribution in [-0.4, -0.2) is 37.2 Å². The summed E-state index contributed by atoms with van der Waals surface area (Å²) in [5, 5.41) is 3.08. The molecule has 5 nitrogen and oxygen atoms in total. The van der Waals surface area contributed by atoms with Gasteiger partial charge in [-0.3, -0.25) is 4.79 Å². The highest BCUT2D eigenvalue weighted by Gasteiger charge is 2.60. The van der Waals surface area contributed by atoms with Crippen LogP contribution >= 0.6 is 0 Å². The van der Waals surface area contributed by atoms with Gasteiger partial charge in [0.05, 0.1) is 19.1 Å². The van der Waals surface area contributed by atoms with Crippen LogP contribution < -0.4 is 10.2 Å². The van der Waals surface area contributed by atoms with E-state index in [2.05, 4.69) is 49.0 Å². The molecule has 1 saturated heterocycles. The minimum Gasteiger partial charge on any atom is -0.378 e. The molecule has 1 aromatic heterocycles. The van der Waals surface area contributed by atoms with Gasteiger partial charge in [0, 0.05) is 25.8 Å². The van der Waals surface area contributed by atoms with Gasteiger partial charge in [0.2, 0.25) is 5.91 Å². The molecule has 0 unspecified atom stereocenters. The lowest BCUT2D eigenvalue weighted by Crippen LogP contribution is -2.36. The van der Waals surface area contributed by atoms with Crippen molar-refractivity contribution in [2.24, 2.45) is 17.3 Å². The molecule has 136 valence electrons. The molecule has 2 aliphatic rings. The van der Waals surface area contributed by atoms with Gasteiger partial charge in [-0.15, -0.1) is 0 Å². The van der Waals surface area contributed by atoms with E-state index in [1.807, 2.05) is 18.3 Å². The van der Waals surface area contributed by atoms with Crippen LogP contribution in [-0.2, 0) is 16.1 Å². The van der Waals surface area contributed by atoms with Gasteiger partial charge in [-0.1, -0.05) is 31.6 Å². The number of pyridine rings is 1. The summed E-state index contributed by atoms with van der Waals surface area (Å²) in [7, 11) is 0. The smallest absolute Gasteiger partial charge is 0.224 e. The SMILES string of the molecule is CC(C)=C[C@@H]1[C@H](C(=O)NCc2ccc(N3CCOCC3)nc2)C1(C)C. The number of hydrogen-bond donors (Lipinski definition) is 1. The molecular weight excluding hydrogens is 314 g/mol. The molecular formula is C20H29N3O2. The van der Waals surface area contributed by atoms with Crippen molar-refractivity contribution in [2.75, 3.05) is 31.2 Å². The first-order valence-electron chi connectivity index (χ1n) is 9.10. The molecule has 2 fully saturated rings. The second-order valence-corrected chi connectivity index (χ2v) is 7.91. The Morgan fingerprint density at radius 3 is 2.68 bits per heavy atom. The fourth-order valence-electron chi connectivity index (χ4n) is 3.65. The maximum Gasteiger partial charge on any atom is 0.224 e. The number of ether oxygens (including phenoxy) is 1. The van der Waals surface area contributed by atoms with E-state index in [9.17, 15) is 4.79 Å². The van der Waals surface area contributed by atoms with Crippen LogP contribution in [0, 0.1) is 17.3 Å². The molecule has 0 spiro atoms. The third kappa shape index (κ3) is 4.03. The molecule has 3 rings (SSSR count). The third-order valence-corrected chi connectivity index (χ3v) is 5.32. The molecule has 0 radical (unpaired) electrons. The van der Waals surface area contributed by atoms with Crippen molar-refractivity contribution in [3.05, 3.63) is 35.5 Å². The van der Waals surface area contributed by atoms with Crippen molar-refractivity contribution in [2.45, 2.75) is 34.2 Å². The zero-order chi connectivity index (χ0) is 18.0. The Bertz CT molecular complexity index is 641. The van der Waals surface area contributed by atoms with Crippen LogP contribution in [0.3, 0.4) is 0 Å². The normalized spacial score (nSPS) is 24.6. The topological polar surface area (TPSA) is 54.5 Å². The number of hydrogen-bond acceptors (Lipinski definition) is 4. The summed E-state index contributed by atoms with van der Waals surface area (Å²) < 4.78 is 5.37. The number of morpholine rings is 1. The van der Waals surface area contributed by atoms with Crippen molar-refractivity contribution < 1.29 is 9.53 Å². The van der Waals surface area contributed by atoms with E-state index in [4.69, 9.17) is 4.74 Å². The summed E-state index contributed by atoms with van der Waals surface area (Å²) >= 11 is 0. The van der Waals surface area contributed by atoms with Crippen LogP contribution in [0.1, 0.15) is 33.3 Å². The Labute approximate surface area is 150 Å². The molecule has 0 aromatic carbocycles. The molecule has 2 atom stereocenters. The molecule has 0 bridgehead atoms. The van der Waals surface area contributed by atoms with Crippen molar-refractivity contribution in [3.8, 4) is 0 Å². The van der Waals surface area contributed by atoms with E-state index in [1.54, 1.807) is 0 Å². The van der Waals surface area contributed by atoms with Crippen LogP contribution in [0.5, 0.6) is 0 Å². The fraction of sp³-hybridized carbons (Fsp3) is 0.600. The number of carbonyl (C=O) groups is 1. The van der Waals surface area contributed by atoms with Gasteiger partial charge < -0.3 is 15.0 Å². The van der Waals surface area contributed by atoms with Crippen molar-refractivity contribution in [3.63, 3.8) is 0 Å². The lowest BCUT2D eigenvalue weighted by atomic mass is 10.1. The molecule has 25 heavy (non-hydrogen) atoms.